The van der Waals surface area contributed by atoms with Gasteiger partial charge >= 0.3 is 0 Å². The fourth-order valence-electron chi connectivity index (χ4n) is 2.94. The molecule has 27 heavy (non-hydrogen) atoms. The second kappa shape index (κ2) is 7.51. The van der Waals surface area contributed by atoms with Crippen LogP contribution in [0.4, 0.5) is 5.82 Å². The van der Waals surface area contributed by atoms with Gasteiger partial charge in [-0.25, -0.2) is 4.99 Å². The van der Waals surface area contributed by atoms with Crippen molar-refractivity contribution in [1.82, 2.24) is 9.78 Å². The lowest BCUT2D eigenvalue weighted by Gasteiger charge is -2.22. The predicted molar refractivity (Wildman–Crippen MR) is 105 cm³/mol. The molecule has 144 valence electrons. The van der Waals surface area contributed by atoms with E-state index in [4.69, 9.17) is 15.2 Å². The molecule has 1 aliphatic heterocycles. The molecule has 0 unspecified atom stereocenters. The number of aromatic nitrogens is 2. The highest BCUT2D eigenvalue weighted by Crippen LogP contribution is 2.45. The SMILES string of the molecule is COc1ccc([C@@H]2SC(C)=Nc3c2c(=O)[nH]n3C(C)C)cc1OCC(N)=O. The lowest BCUT2D eigenvalue weighted by molar-refractivity contribution is -0.119. The molecule has 9 heteroatoms. The summed E-state index contributed by atoms with van der Waals surface area (Å²) < 4.78 is 12.5. The van der Waals surface area contributed by atoms with Crippen molar-refractivity contribution in [1.29, 1.82) is 0 Å². The Hall–Kier alpha value is -2.68. The van der Waals surface area contributed by atoms with Gasteiger partial charge in [0, 0.05) is 6.04 Å². The second-order valence-corrected chi connectivity index (χ2v) is 7.73. The standard InChI is InChI=1S/C18H22N4O4S/c1-9(2)22-17-15(18(24)21-22)16(27-10(3)20-17)11-5-6-12(25-4)13(7-11)26-8-14(19)23/h5-7,9,16H,8H2,1-4H3,(H2,19,23)(H,21,24)/t16-/m0/s1. The minimum atomic E-state index is -0.579. The highest BCUT2D eigenvalue weighted by molar-refractivity contribution is 8.14. The second-order valence-electron chi connectivity index (χ2n) is 6.44. The van der Waals surface area contributed by atoms with E-state index in [2.05, 4.69) is 10.1 Å². The summed E-state index contributed by atoms with van der Waals surface area (Å²) in [5.74, 6) is 0.952. The van der Waals surface area contributed by atoms with Crippen molar-refractivity contribution in [2.24, 2.45) is 10.7 Å². The molecule has 0 saturated heterocycles. The van der Waals surface area contributed by atoms with E-state index in [1.54, 1.807) is 16.8 Å². The maximum absolute atomic E-state index is 12.6. The van der Waals surface area contributed by atoms with Crippen molar-refractivity contribution in [2.75, 3.05) is 13.7 Å². The Kier molecular flexibility index (Phi) is 5.31. The number of ether oxygens (including phenoxy) is 2. The summed E-state index contributed by atoms with van der Waals surface area (Å²) in [6.45, 7) is 5.63. The van der Waals surface area contributed by atoms with Crippen molar-refractivity contribution in [3.05, 3.63) is 39.7 Å². The lowest BCUT2D eigenvalue weighted by atomic mass is 10.1. The van der Waals surface area contributed by atoms with Crippen molar-refractivity contribution >= 4 is 28.5 Å². The lowest BCUT2D eigenvalue weighted by Crippen LogP contribution is -2.20. The van der Waals surface area contributed by atoms with E-state index in [0.717, 1.165) is 10.6 Å². The molecule has 2 aromatic rings. The number of hydrogen-bond donors (Lipinski definition) is 2. The van der Waals surface area contributed by atoms with Crippen molar-refractivity contribution in [3.8, 4) is 11.5 Å². The number of methoxy groups -OCH3 is 1. The monoisotopic (exact) mass is 390 g/mol. The normalized spacial score (nSPS) is 16.0. The Morgan fingerprint density at radius 2 is 2.15 bits per heavy atom. The van der Waals surface area contributed by atoms with Crippen LogP contribution in [-0.4, -0.2) is 34.4 Å². The Labute approximate surface area is 160 Å². The van der Waals surface area contributed by atoms with Crippen LogP contribution in [0.2, 0.25) is 0 Å². The molecule has 0 aliphatic carbocycles. The number of aliphatic imine (C=N–C) groups is 1. The van der Waals surface area contributed by atoms with Gasteiger partial charge in [-0.05, 0) is 38.5 Å². The molecule has 1 atom stereocenters. The minimum absolute atomic E-state index is 0.0760. The summed E-state index contributed by atoms with van der Waals surface area (Å²) in [7, 11) is 1.52. The average Bonchev–Trinajstić information content (AvgIpc) is 2.95. The molecular formula is C18H22N4O4S. The molecule has 3 N–H and O–H groups in total. The van der Waals surface area contributed by atoms with Gasteiger partial charge in [0.15, 0.2) is 23.9 Å². The number of rotatable bonds is 6. The van der Waals surface area contributed by atoms with Crippen molar-refractivity contribution in [2.45, 2.75) is 32.1 Å². The number of fused-ring (bicyclic) bond motifs is 1. The molecule has 0 spiro atoms. The van der Waals surface area contributed by atoms with E-state index >= 15 is 0 Å². The summed E-state index contributed by atoms with van der Waals surface area (Å²) >= 11 is 1.50. The largest absolute Gasteiger partial charge is 0.493 e. The first-order chi connectivity index (χ1) is 12.8. The van der Waals surface area contributed by atoms with Crippen LogP contribution in [0, 0.1) is 0 Å². The van der Waals surface area contributed by atoms with Crippen LogP contribution >= 0.6 is 11.8 Å². The van der Waals surface area contributed by atoms with E-state index in [9.17, 15) is 9.59 Å². The zero-order valence-electron chi connectivity index (χ0n) is 15.6. The molecular weight excluding hydrogens is 368 g/mol. The number of thioether (sulfide) groups is 1. The fraction of sp³-hybridized carbons (Fsp3) is 0.389. The van der Waals surface area contributed by atoms with E-state index in [1.165, 1.54) is 18.9 Å². The molecule has 1 aromatic heterocycles. The third-order valence-corrected chi connectivity index (χ3v) is 5.30. The van der Waals surface area contributed by atoms with Crippen LogP contribution in [0.3, 0.4) is 0 Å². The van der Waals surface area contributed by atoms with Gasteiger partial charge in [0.25, 0.3) is 11.5 Å². The smallest absolute Gasteiger partial charge is 0.271 e. The van der Waals surface area contributed by atoms with Crippen LogP contribution in [0.1, 0.15) is 43.2 Å². The molecule has 2 heterocycles. The Morgan fingerprint density at radius 1 is 1.41 bits per heavy atom. The number of H-pyrrole nitrogens is 1. The number of aromatic amines is 1. The quantitative estimate of drug-likeness (QED) is 0.787. The molecule has 1 amide bonds. The third-order valence-electron chi connectivity index (χ3n) is 4.13. The molecule has 8 nitrogen and oxygen atoms in total. The third kappa shape index (κ3) is 3.73. The maximum atomic E-state index is 12.6. The number of amides is 1. The average molecular weight is 390 g/mol. The number of nitrogens with one attached hydrogen (secondary N) is 1. The number of benzene rings is 1. The fourth-order valence-corrected chi connectivity index (χ4v) is 4.03. The minimum Gasteiger partial charge on any atom is -0.493 e. The van der Waals surface area contributed by atoms with Gasteiger partial charge in [-0.1, -0.05) is 17.8 Å². The summed E-state index contributed by atoms with van der Waals surface area (Å²) in [5, 5.41) is 3.49. The zero-order chi connectivity index (χ0) is 19.7. The van der Waals surface area contributed by atoms with Crippen LogP contribution in [-0.2, 0) is 4.79 Å². The maximum Gasteiger partial charge on any atom is 0.271 e. The van der Waals surface area contributed by atoms with Gasteiger partial charge in [-0.2, -0.15) is 0 Å². The number of carbonyl (C=O) groups is 1. The van der Waals surface area contributed by atoms with E-state index < -0.39 is 5.91 Å². The number of hydrogen-bond acceptors (Lipinski definition) is 6. The Balaban J connectivity index is 2.08. The molecule has 0 saturated carbocycles. The predicted octanol–water partition coefficient (Wildman–Crippen LogP) is 2.52. The highest BCUT2D eigenvalue weighted by atomic mass is 32.2. The summed E-state index contributed by atoms with van der Waals surface area (Å²) in [6, 6.07) is 5.48. The number of primary amides is 1. The van der Waals surface area contributed by atoms with Crippen LogP contribution in [0.5, 0.6) is 11.5 Å². The van der Waals surface area contributed by atoms with Gasteiger partial charge in [0.2, 0.25) is 0 Å². The van der Waals surface area contributed by atoms with Gasteiger partial charge in [0.05, 0.1) is 23.0 Å². The number of nitrogens with zero attached hydrogens (tertiary/aromatic N) is 2. The molecule has 1 aromatic carbocycles. The molecule has 3 rings (SSSR count). The highest BCUT2D eigenvalue weighted by Gasteiger charge is 2.31. The Bertz CT molecular complexity index is 961. The van der Waals surface area contributed by atoms with E-state index in [0.29, 0.717) is 22.9 Å². The summed E-state index contributed by atoms with van der Waals surface area (Å²) in [4.78, 5) is 28.3. The van der Waals surface area contributed by atoms with Gasteiger partial charge in [-0.3, -0.25) is 19.4 Å². The van der Waals surface area contributed by atoms with Gasteiger partial charge in [-0.15, -0.1) is 0 Å². The van der Waals surface area contributed by atoms with Crippen LogP contribution in [0.25, 0.3) is 0 Å². The van der Waals surface area contributed by atoms with Gasteiger partial charge in [0.1, 0.15) is 0 Å². The first kappa shape index (κ1) is 19.1. The molecule has 0 fully saturated rings. The van der Waals surface area contributed by atoms with Crippen molar-refractivity contribution in [3.63, 3.8) is 0 Å². The Morgan fingerprint density at radius 3 is 2.78 bits per heavy atom. The van der Waals surface area contributed by atoms with E-state index in [1.807, 2.05) is 26.8 Å². The van der Waals surface area contributed by atoms with Gasteiger partial charge < -0.3 is 15.2 Å². The molecule has 0 radical (unpaired) electrons. The first-order valence-electron chi connectivity index (χ1n) is 8.47. The van der Waals surface area contributed by atoms with Crippen LogP contribution in [0.15, 0.2) is 28.0 Å². The zero-order valence-corrected chi connectivity index (χ0v) is 16.4. The molecule has 1 aliphatic rings. The topological polar surface area (TPSA) is 112 Å². The molecule has 0 bridgehead atoms. The summed E-state index contributed by atoms with van der Waals surface area (Å²) in [6.07, 6.45) is 0. The number of nitrogens with two attached hydrogens (primary N) is 1. The first-order valence-corrected chi connectivity index (χ1v) is 9.35. The van der Waals surface area contributed by atoms with Crippen LogP contribution < -0.4 is 20.8 Å². The summed E-state index contributed by atoms with van der Waals surface area (Å²) in [5.41, 5.74) is 6.46. The number of carbonyl (C=O) groups excluding carboxylic acids is 1. The van der Waals surface area contributed by atoms with E-state index in [-0.39, 0.29) is 23.5 Å². The van der Waals surface area contributed by atoms with Crippen molar-refractivity contribution < 1.29 is 14.3 Å².